The number of nitrogens with two attached hydrogens (primary N) is 1. The Morgan fingerprint density at radius 2 is 2.10 bits per heavy atom. The molecular weight excluding hydrogens is 391 g/mol. The van der Waals surface area contributed by atoms with Gasteiger partial charge in [-0.25, -0.2) is 9.97 Å². The monoisotopic (exact) mass is 416 g/mol. The summed E-state index contributed by atoms with van der Waals surface area (Å²) in [5, 5.41) is 4.72. The summed E-state index contributed by atoms with van der Waals surface area (Å²) in [5.74, 6) is 1.86. The van der Waals surface area contributed by atoms with E-state index in [4.69, 9.17) is 10.7 Å². The summed E-state index contributed by atoms with van der Waals surface area (Å²) < 4.78 is 2.14. The molecule has 0 saturated carbocycles. The Morgan fingerprint density at radius 3 is 2.93 bits per heavy atom. The molecule has 1 aliphatic rings. The first-order chi connectivity index (χ1) is 14.7. The number of rotatable bonds is 5. The van der Waals surface area contributed by atoms with Crippen molar-refractivity contribution in [2.24, 2.45) is 5.73 Å². The van der Waals surface area contributed by atoms with E-state index in [9.17, 15) is 0 Å². The van der Waals surface area contributed by atoms with Gasteiger partial charge in [0.2, 0.25) is 0 Å². The van der Waals surface area contributed by atoms with Gasteiger partial charge in [0.25, 0.3) is 0 Å². The zero-order valence-electron chi connectivity index (χ0n) is 17.0. The van der Waals surface area contributed by atoms with Gasteiger partial charge in [0, 0.05) is 45.2 Å². The summed E-state index contributed by atoms with van der Waals surface area (Å²) >= 11 is 0. The van der Waals surface area contributed by atoms with Crippen molar-refractivity contribution in [3.05, 3.63) is 66.5 Å². The number of pyridine rings is 1. The third kappa shape index (κ3) is 3.64. The molecule has 1 fully saturated rings. The van der Waals surface area contributed by atoms with E-state index in [0.717, 1.165) is 43.4 Å². The van der Waals surface area contributed by atoms with Crippen LogP contribution >= 0.6 is 8.35 Å². The van der Waals surface area contributed by atoms with E-state index in [0.29, 0.717) is 12.6 Å². The smallest absolute Gasteiger partial charge is 0.164 e. The van der Waals surface area contributed by atoms with Gasteiger partial charge >= 0.3 is 0 Å². The van der Waals surface area contributed by atoms with Gasteiger partial charge in [0.15, 0.2) is 5.65 Å². The fourth-order valence-corrected chi connectivity index (χ4v) is 5.13. The highest BCUT2D eigenvalue weighted by atomic mass is 31.0. The zero-order chi connectivity index (χ0) is 20.5. The van der Waals surface area contributed by atoms with E-state index < -0.39 is 0 Å². The van der Waals surface area contributed by atoms with E-state index in [1.165, 1.54) is 23.7 Å². The minimum Gasteiger partial charge on any atom is -0.354 e. The highest BCUT2D eigenvalue weighted by Gasteiger charge is 2.21. The van der Waals surface area contributed by atoms with Crippen LogP contribution in [-0.4, -0.2) is 26.7 Å². The molecule has 1 unspecified atom stereocenters. The quantitative estimate of drug-likeness (QED) is 0.470. The molecule has 0 bridgehead atoms. The molecule has 6 nitrogen and oxygen atoms in total. The average molecular weight is 416 g/mol. The van der Waals surface area contributed by atoms with E-state index >= 15 is 0 Å². The van der Waals surface area contributed by atoms with Crippen molar-refractivity contribution in [1.29, 1.82) is 0 Å². The molecule has 152 valence electrons. The highest BCUT2D eigenvalue weighted by Crippen LogP contribution is 2.35. The first kappa shape index (κ1) is 19.0. The number of nitrogens with zero attached hydrogens (tertiary/aromatic N) is 4. The van der Waals surface area contributed by atoms with Crippen molar-refractivity contribution in [3.8, 4) is 10.9 Å². The molecule has 0 aliphatic carbocycles. The zero-order valence-corrected chi connectivity index (χ0v) is 17.9. The van der Waals surface area contributed by atoms with Crippen LogP contribution in [0.4, 0.5) is 17.3 Å². The Kier molecular flexibility index (Phi) is 5.11. The van der Waals surface area contributed by atoms with Crippen molar-refractivity contribution < 1.29 is 0 Å². The normalized spacial score (nSPS) is 16.6. The van der Waals surface area contributed by atoms with Crippen LogP contribution in [0.15, 0.2) is 60.9 Å². The van der Waals surface area contributed by atoms with Gasteiger partial charge in [-0.2, -0.15) is 0 Å². The first-order valence-corrected chi connectivity index (χ1v) is 11.2. The minimum atomic E-state index is 0.536. The number of nitrogens with one attached hydrogen (secondary N) is 1. The SMILES string of the molecule is CC1CCCN1c1cccc(Nc2cc(-c3cccc(CN)c3)pn3ccnc23)n1. The van der Waals surface area contributed by atoms with Gasteiger partial charge in [0.1, 0.15) is 11.6 Å². The van der Waals surface area contributed by atoms with Crippen LogP contribution in [0.3, 0.4) is 0 Å². The second-order valence-corrected chi connectivity index (χ2v) is 8.85. The van der Waals surface area contributed by atoms with E-state index in [1.54, 1.807) is 0 Å². The van der Waals surface area contributed by atoms with Gasteiger partial charge in [0.05, 0.1) is 5.69 Å². The van der Waals surface area contributed by atoms with Gasteiger partial charge in [-0.3, -0.25) is 4.16 Å². The molecule has 4 heterocycles. The van der Waals surface area contributed by atoms with Crippen LogP contribution in [0.2, 0.25) is 0 Å². The summed E-state index contributed by atoms with van der Waals surface area (Å²) in [4.78, 5) is 11.8. The molecule has 0 radical (unpaired) electrons. The van der Waals surface area contributed by atoms with Crippen molar-refractivity contribution in [1.82, 2.24) is 14.1 Å². The molecule has 4 aromatic rings. The van der Waals surface area contributed by atoms with Crippen LogP contribution < -0.4 is 16.0 Å². The summed E-state index contributed by atoms with van der Waals surface area (Å²) in [5.41, 5.74) is 10.0. The standard InChI is InChI=1S/C23H25N6P/c1-16-5-4-11-28(16)22-9-3-8-21(27-22)26-19-14-20(30-29-12-10-25-23(19)29)18-7-2-6-17(13-18)15-24/h2-3,6-10,12-14,16H,4-5,11,15,24H2,1H3,(H,26,27). The third-order valence-electron chi connectivity index (χ3n) is 5.66. The number of imidazole rings is 1. The van der Waals surface area contributed by atoms with Gasteiger partial charge in [-0.15, -0.1) is 0 Å². The number of hydrogen-bond acceptors (Lipinski definition) is 5. The van der Waals surface area contributed by atoms with E-state index in [2.05, 4.69) is 68.8 Å². The molecule has 1 saturated heterocycles. The lowest BCUT2D eigenvalue weighted by Crippen LogP contribution is -2.27. The second kappa shape index (κ2) is 8.05. The van der Waals surface area contributed by atoms with E-state index in [-0.39, 0.29) is 0 Å². The molecule has 30 heavy (non-hydrogen) atoms. The van der Waals surface area contributed by atoms with Crippen LogP contribution in [-0.2, 0) is 6.54 Å². The predicted octanol–water partition coefficient (Wildman–Crippen LogP) is 5.17. The summed E-state index contributed by atoms with van der Waals surface area (Å²) in [6.45, 7) is 3.87. The Bertz CT molecular complexity index is 1190. The molecule has 7 heteroatoms. The molecule has 0 spiro atoms. The third-order valence-corrected chi connectivity index (χ3v) is 6.80. The van der Waals surface area contributed by atoms with Crippen molar-refractivity contribution in [3.63, 3.8) is 0 Å². The maximum absolute atomic E-state index is 5.85. The highest BCUT2D eigenvalue weighted by molar-refractivity contribution is 7.30. The molecule has 3 aromatic heterocycles. The first-order valence-electron chi connectivity index (χ1n) is 10.4. The Morgan fingerprint density at radius 1 is 1.20 bits per heavy atom. The second-order valence-electron chi connectivity index (χ2n) is 7.73. The molecule has 1 atom stereocenters. The van der Waals surface area contributed by atoms with Crippen molar-refractivity contribution in [2.75, 3.05) is 16.8 Å². The maximum atomic E-state index is 5.85. The maximum Gasteiger partial charge on any atom is 0.164 e. The Hall–Kier alpha value is -2.95. The largest absolute Gasteiger partial charge is 0.354 e. The summed E-state index contributed by atoms with van der Waals surface area (Å²) in [6, 6.07) is 17.3. The van der Waals surface area contributed by atoms with Crippen LogP contribution in [0, 0.1) is 0 Å². The van der Waals surface area contributed by atoms with Crippen LogP contribution in [0.25, 0.3) is 16.5 Å². The van der Waals surface area contributed by atoms with Crippen LogP contribution in [0.5, 0.6) is 0 Å². The van der Waals surface area contributed by atoms with Crippen LogP contribution in [0.1, 0.15) is 25.3 Å². The molecule has 3 N–H and O–H groups in total. The molecule has 1 aromatic carbocycles. The Labute approximate surface area is 177 Å². The van der Waals surface area contributed by atoms with Gasteiger partial charge in [-0.05, 0) is 55.2 Å². The fourth-order valence-electron chi connectivity index (χ4n) is 4.07. The molecular formula is C23H25N6P. The topological polar surface area (TPSA) is 71.5 Å². The number of fused-ring (bicyclic) bond motifs is 1. The van der Waals surface area contributed by atoms with Crippen molar-refractivity contribution in [2.45, 2.75) is 32.4 Å². The van der Waals surface area contributed by atoms with Gasteiger partial charge in [-0.1, -0.05) is 24.3 Å². The van der Waals surface area contributed by atoms with Crippen molar-refractivity contribution >= 4 is 31.3 Å². The van der Waals surface area contributed by atoms with E-state index in [1.807, 2.05) is 18.5 Å². The predicted molar refractivity (Wildman–Crippen MR) is 125 cm³/mol. The molecule has 5 rings (SSSR count). The number of aromatic nitrogens is 3. The lowest BCUT2D eigenvalue weighted by atomic mass is 10.1. The lowest BCUT2D eigenvalue weighted by Gasteiger charge is -2.23. The molecule has 0 amide bonds. The summed E-state index contributed by atoms with van der Waals surface area (Å²) in [6.07, 6.45) is 6.30. The average Bonchev–Trinajstić information content (AvgIpc) is 3.43. The Balaban J connectivity index is 1.52. The summed E-state index contributed by atoms with van der Waals surface area (Å²) in [7, 11) is 1.08. The number of benzene rings is 1. The number of hydrogen-bond donors (Lipinski definition) is 2. The number of anilines is 3. The van der Waals surface area contributed by atoms with Gasteiger partial charge < -0.3 is 16.0 Å². The molecule has 1 aliphatic heterocycles. The minimum absolute atomic E-state index is 0.536. The fraction of sp³-hybridized carbons (Fsp3) is 0.261. The lowest BCUT2D eigenvalue weighted by molar-refractivity contribution is 0.727.